The number of nitriles is 1. The molecule has 0 saturated carbocycles. The van der Waals surface area contributed by atoms with Crippen LogP contribution in [0.15, 0.2) is 78.9 Å². The second-order valence-electron chi connectivity index (χ2n) is 9.50. The number of rotatable bonds is 5. The average Bonchev–Trinajstić information content (AvgIpc) is 3.15. The van der Waals surface area contributed by atoms with Crippen LogP contribution in [-0.4, -0.2) is 33.8 Å². The zero-order valence-electron chi connectivity index (χ0n) is 19.1. The molecular weight excluding hydrogens is 424 g/mol. The van der Waals surface area contributed by atoms with Crippen LogP contribution in [0.4, 0.5) is 4.79 Å². The summed E-state index contributed by atoms with van der Waals surface area (Å²) >= 11 is 0. The van der Waals surface area contributed by atoms with Gasteiger partial charge in [-0.1, -0.05) is 72.8 Å². The van der Waals surface area contributed by atoms with Crippen molar-refractivity contribution in [1.29, 1.82) is 5.26 Å². The minimum absolute atomic E-state index is 0.00815. The molecule has 34 heavy (non-hydrogen) atoms. The van der Waals surface area contributed by atoms with Gasteiger partial charge in [0.05, 0.1) is 17.2 Å². The molecule has 2 heterocycles. The molecule has 2 bridgehead atoms. The number of piperidine rings is 1. The molecular formula is C29H28N2O3. The third kappa shape index (κ3) is 4.55. The molecule has 2 atom stereocenters. The van der Waals surface area contributed by atoms with Crippen LogP contribution >= 0.6 is 0 Å². The van der Waals surface area contributed by atoms with Crippen molar-refractivity contribution in [1.82, 2.24) is 4.90 Å². The summed E-state index contributed by atoms with van der Waals surface area (Å²) in [6, 6.07) is 27.6. The number of carbonyl (C=O) groups excluding carboxylic acids is 1. The maximum atomic E-state index is 12.8. The number of ether oxygens (including phenoxy) is 1. The molecule has 2 unspecified atom stereocenters. The Bertz CT molecular complexity index is 1190. The van der Waals surface area contributed by atoms with Gasteiger partial charge in [-0.25, -0.2) is 4.79 Å². The fourth-order valence-electron chi connectivity index (χ4n) is 5.57. The summed E-state index contributed by atoms with van der Waals surface area (Å²) in [4.78, 5) is 14.7. The lowest BCUT2D eigenvalue weighted by atomic mass is 9.81. The van der Waals surface area contributed by atoms with Gasteiger partial charge in [0.2, 0.25) is 0 Å². The van der Waals surface area contributed by atoms with E-state index in [2.05, 4.69) is 6.07 Å². The number of carbonyl (C=O) groups is 1. The standard InChI is InChI=1S/C29H28N2O3/c30-19-24-8-4-5-9-27(24)23-12-10-21(11-13-23)16-29(33)17-25-14-15-26(18-29)31(25)28(32)34-20-22-6-2-1-3-7-22/h1-13,25-26,33H,14-18,20H2. The van der Waals surface area contributed by atoms with Gasteiger partial charge in [0, 0.05) is 18.5 Å². The van der Waals surface area contributed by atoms with Gasteiger partial charge in [-0.2, -0.15) is 5.26 Å². The molecule has 0 radical (unpaired) electrons. The topological polar surface area (TPSA) is 73.6 Å². The van der Waals surface area contributed by atoms with Crippen molar-refractivity contribution in [2.45, 2.75) is 56.4 Å². The summed E-state index contributed by atoms with van der Waals surface area (Å²) in [6.45, 7) is 0.265. The molecule has 3 aromatic rings. The van der Waals surface area contributed by atoms with Crippen LogP contribution in [0.5, 0.6) is 0 Å². The molecule has 2 aliphatic rings. The van der Waals surface area contributed by atoms with Crippen molar-refractivity contribution in [3.8, 4) is 17.2 Å². The number of benzene rings is 3. The van der Waals surface area contributed by atoms with E-state index in [1.807, 2.05) is 83.8 Å². The second kappa shape index (κ2) is 9.32. The van der Waals surface area contributed by atoms with Gasteiger partial charge in [-0.05, 0) is 54.0 Å². The van der Waals surface area contributed by atoms with Crippen molar-refractivity contribution in [3.63, 3.8) is 0 Å². The lowest BCUT2D eigenvalue weighted by molar-refractivity contribution is -0.0485. The molecule has 2 fully saturated rings. The molecule has 5 rings (SSSR count). The molecule has 0 aromatic heterocycles. The molecule has 0 aliphatic carbocycles. The lowest BCUT2D eigenvalue weighted by Crippen LogP contribution is -2.54. The van der Waals surface area contributed by atoms with E-state index < -0.39 is 5.60 Å². The van der Waals surface area contributed by atoms with Crippen LogP contribution in [0.2, 0.25) is 0 Å². The van der Waals surface area contributed by atoms with E-state index in [0.29, 0.717) is 24.8 Å². The maximum Gasteiger partial charge on any atom is 0.410 e. The Labute approximate surface area is 200 Å². The van der Waals surface area contributed by atoms with E-state index in [9.17, 15) is 15.2 Å². The predicted molar refractivity (Wildman–Crippen MR) is 130 cm³/mol. The monoisotopic (exact) mass is 452 g/mol. The Morgan fingerprint density at radius 2 is 1.59 bits per heavy atom. The van der Waals surface area contributed by atoms with Crippen LogP contribution in [0.1, 0.15) is 42.4 Å². The third-order valence-electron chi connectivity index (χ3n) is 7.11. The summed E-state index contributed by atoms with van der Waals surface area (Å²) in [5, 5.41) is 20.8. The molecule has 5 heteroatoms. The van der Waals surface area contributed by atoms with Crippen LogP contribution < -0.4 is 0 Å². The van der Waals surface area contributed by atoms with Crippen LogP contribution in [-0.2, 0) is 17.8 Å². The largest absolute Gasteiger partial charge is 0.445 e. The smallest absolute Gasteiger partial charge is 0.410 e. The Morgan fingerprint density at radius 3 is 2.26 bits per heavy atom. The van der Waals surface area contributed by atoms with Gasteiger partial charge >= 0.3 is 6.09 Å². The van der Waals surface area contributed by atoms with Gasteiger partial charge in [0.25, 0.3) is 0 Å². The Hall–Kier alpha value is -3.62. The fraction of sp³-hybridized carbons (Fsp3) is 0.310. The summed E-state index contributed by atoms with van der Waals surface area (Å²) in [7, 11) is 0. The number of aliphatic hydroxyl groups is 1. The molecule has 1 N–H and O–H groups in total. The average molecular weight is 453 g/mol. The first-order chi connectivity index (χ1) is 16.5. The van der Waals surface area contributed by atoms with Crippen molar-refractivity contribution in [2.75, 3.05) is 0 Å². The lowest BCUT2D eigenvalue weighted by Gasteiger charge is -2.43. The van der Waals surface area contributed by atoms with E-state index in [-0.39, 0.29) is 24.8 Å². The SMILES string of the molecule is N#Cc1ccccc1-c1ccc(CC2(O)CC3CCC(C2)N3C(=O)OCc2ccccc2)cc1. The molecule has 2 saturated heterocycles. The van der Waals surface area contributed by atoms with Gasteiger partial charge in [0.1, 0.15) is 6.61 Å². The van der Waals surface area contributed by atoms with Crippen molar-refractivity contribution >= 4 is 6.09 Å². The van der Waals surface area contributed by atoms with Crippen LogP contribution in [0.25, 0.3) is 11.1 Å². The number of fused-ring (bicyclic) bond motifs is 2. The third-order valence-corrected chi connectivity index (χ3v) is 7.11. The van der Waals surface area contributed by atoms with Gasteiger partial charge in [0.15, 0.2) is 0 Å². The predicted octanol–water partition coefficient (Wildman–Crippen LogP) is 5.46. The number of hydrogen-bond acceptors (Lipinski definition) is 4. The molecule has 2 aliphatic heterocycles. The van der Waals surface area contributed by atoms with Crippen LogP contribution in [0, 0.1) is 11.3 Å². The summed E-state index contributed by atoms with van der Waals surface area (Å²) in [5.74, 6) is 0. The maximum absolute atomic E-state index is 12.8. The molecule has 3 aromatic carbocycles. The highest BCUT2D eigenvalue weighted by atomic mass is 16.6. The van der Waals surface area contributed by atoms with Gasteiger partial charge < -0.3 is 14.7 Å². The fourth-order valence-corrected chi connectivity index (χ4v) is 5.57. The second-order valence-corrected chi connectivity index (χ2v) is 9.50. The molecule has 0 spiro atoms. The van der Waals surface area contributed by atoms with E-state index in [4.69, 9.17) is 4.74 Å². The summed E-state index contributed by atoms with van der Waals surface area (Å²) < 4.78 is 5.59. The molecule has 172 valence electrons. The highest BCUT2D eigenvalue weighted by Crippen LogP contribution is 2.42. The van der Waals surface area contributed by atoms with Crippen molar-refractivity contribution < 1.29 is 14.6 Å². The highest BCUT2D eigenvalue weighted by Gasteiger charge is 2.49. The Morgan fingerprint density at radius 1 is 0.941 bits per heavy atom. The number of nitrogens with zero attached hydrogens (tertiary/aromatic N) is 2. The van der Waals surface area contributed by atoms with Crippen molar-refractivity contribution in [2.24, 2.45) is 0 Å². The van der Waals surface area contributed by atoms with E-state index in [1.54, 1.807) is 0 Å². The zero-order valence-corrected chi connectivity index (χ0v) is 19.1. The van der Waals surface area contributed by atoms with E-state index >= 15 is 0 Å². The Kier molecular flexibility index (Phi) is 6.08. The minimum atomic E-state index is -0.839. The van der Waals surface area contributed by atoms with E-state index in [1.165, 1.54) is 0 Å². The normalized spacial score (nSPS) is 23.4. The minimum Gasteiger partial charge on any atom is -0.445 e. The van der Waals surface area contributed by atoms with E-state index in [0.717, 1.165) is 35.1 Å². The first kappa shape index (κ1) is 22.2. The first-order valence-electron chi connectivity index (χ1n) is 11.8. The zero-order chi connectivity index (χ0) is 23.5. The van der Waals surface area contributed by atoms with Crippen LogP contribution in [0.3, 0.4) is 0 Å². The summed E-state index contributed by atoms with van der Waals surface area (Å²) in [5.41, 5.74) is 3.74. The number of hydrogen-bond donors (Lipinski definition) is 1. The molecule has 5 nitrogen and oxygen atoms in total. The first-order valence-corrected chi connectivity index (χ1v) is 11.8. The molecule has 1 amide bonds. The van der Waals surface area contributed by atoms with Gasteiger partial charge in [-0.15, -0.1) is 0 Å². The van der Waals surface area contributed by atoms with Gasteiger partial charge in [-0.3, -0.25) is 0 Å². The quantitative estimate of drug-likeness (QED) is 0.558. The highest BCUT2D eigenvalue weighted by molar-refractivity contribution is 5.71. The number of amides is 1. The van der Waals surface area contributed by atoms with Crippen molar-refractivity contribution in [3.05, 3.63) is 95.6 Å². The summed E-state index contributed by atoms with van der Waals surface area (Å²) in [6.07, 6.45) is 3.19. The Balaban J connectivity index is 1.23.